The molecule has 3 nitrogen and oxygen atoms in total. The van der Waals surface area contributed by atoms with Crippen molar-refractivity contribution in [1.82, 2.24) is 15.0 Å². The van der Waals surface area contributed by atoms with E-state index in [9.17, 15) is 0 Å². The predicted molar refractivity (Wildman–Crippen MR) is 147 cm³/mol. The number of aromatic nitrogens is 3. The summed E-state index contributed by atoms with van der Waals surface area (Å²) < 4.78 is 2.52. The Bertz CT molecular complexity index is 1850. The fraction of sp³-hybridized carbons (Fsp3) is 0. The first-order valence-electron chi connectivity index (χ1n) is 11.5. The third-order valence-electron chi connectivity index (χ3n) is 6.31. The summed E-state index contributed by atoms with van der Waals surface area (Å²) in [6.45, 7) is 0. The van der Waals surface area contributed by atoms with Crippen LogP contribution in [0, 0.1) is 0 Å². The number of hydrogen-bond acceptors (Lipinski definition) is 4. The number of thiophene rings is 1. The van der Waals surface area contributed by atoms with Crippen molar-refractivity contribution in [3.63, 3.8) is 0 Å². The molecule has 0 fully saturated rings. The van der Waals surface area contributed by atoms with Gasteiger partial charge in [0.05, 0.1) is 0 Å². The van der Waals surface area contributed by atoms with Gasteiger partial charge in [0.2, 0.25) is 0 Å². The number of fused-ring (bicyclic) bond motifs is 4. The third kappa shape index (κ3) is 3.56. The zero-order valence-corrected chi connectivity index (χ0v) is 19.5. The molecule has 7 rings (SSSR count). The Morgan fingerprint density at radius 2 is 1.00 bits per heavy atom. The van der Waals surface area contributed by atoms with Gasteiger partial charge >= 0.3 is 0 Å². The summed E-state index contributed by atoms with van der Waals surface area (Å²) in [5, 5.41) is 4.92. The van der Waals surface area contributed by atoms with E-state index in [1.54, 1.807) is 11.3 Å². The molecule has 0 N–H and O–H groups in total. The molecule has 0 aliphatic carbocycles. The molecule has 164 valence electrons. The van der Waals surface area contributed by atoms with E-state index in [-0.39, 0.29) is 0 Å². The van der Waals surface area contributed by atoms with Crippen LogP contribution in [0.25, 0.3) is 65.1 Å². The van der Waals surface area contributed by atoms with Gasteiger partial charge in [-0.05, 0) is 29.0 Å². The van der Waals surface area contributed by atoms with Crippen LogP contribution in [0.15, 0.2) is 115 Å². The van der Waals surface area contributed by atoms with Crippen LogP contribution < -0.4 is 0 Å². The molecule has 0 aliphatic heterocycles. The molecule has 5 aromatic carbocycles. The molecule has 0 amide bonds. The second-order valence-electron chi connectivity index (χ2n) is 8.54. The normalized spacial score (nSPS) is 11.4. The lowest BCUT2D eigenvalue weighted by Gasteiger charge is -2.09. The minimum atomic E-state index is 0.676. The monoisotopic (exact) mass is 465 g/mol. The van der Waals surface area contributed by atoms with E-state index in [4.69, 9.17) is 15.0 Å². The smallest absolute Gasteiger partial charge is 0.164 e. The van der Waals surface area contributed by atoms with Crippen LogP contribution in [-0.2, 0) is 0 Å². The van der Waals surface area contributed by atoms with Gasteiger partial charge in [0.1, 0.15) is 0 Å². The first-order chi connectivity index (χ1) is 17.3. The van der Waals surface area contributed by atoms with Crippen molar-refractivity contribution >= 4 is 42.3 Å². The molecule has 0 bridgehead atoms. The lowest BCUT2D eigenvalue weighted by Crippen LogP contribution is -2.00. The maximum atomic E-state index is 4.95. The van der Waals surface area contributed by atoms with E-state index in [0.29, 0.717) is 17.5 Å². The maximum absolute atomic E-state index is 4.95. The van der Waals surface area contributed by atoms with E-state index < -0.39 is 0 Å². The van der Waals surface area contributed by atoms with Gasteiger partial charge in [0.15, 0.2) is 17.5 Å². The Kier molecular flexibility index (Phi) is 4.64. The van der Waals surface area contributed by atoms with Gasteiger partial charge in [0, 0.05) is 36.9 Å². The van der Waals surface area contributed by atoms with Gasteiger partial charge in [-0.25, -0.2) is 15.0 Å². The lowest BCUT2D eigenvalue weighted by atomic mass is 10.1. The van der Waals surface area contributed by atoms with Crippen molar-refractivity contribution in [1.29, 1.82) is 0 Å². The molecule has 7 aromatic rings. The molecule has 0 atom stereocenters. The summed E-state index contributed by atoms with van der Waals surface area (Å²) in [7, 11) is 0. The van der Waals surface area contributed by atoms with Crippen molar-refractivity contribution < 1.29 is 0 Å². The zero-order valence-electron chi connectivity index (χ0n) is 18.7. The maximum Gasteiger partial charge on any atom is 0.164 e. The van der Waals surface area contributed by atoms with Crippen molar-refractivity contribution in [2.75, 3.05) is 0 Å². The second kappa shape index (κ2) is 8.12. The number of benzene rings is 5. The van der Waals surface area contributed by atoms with Gasteiger partial charge in [-0.2, -0.15) is 0 Å². The average molecular weight is 466 g/mol. The van der Waals surface area contributed by atoms with Crippen LogP contribution in [0.3, 0.4) is 0 Å². The molecule has 2 aromatic heterocycles. The Morgan fingerprint density at radius 3 is 1.83 bits per heavy atom. The van der Waals surface area contributed by atoms with Crippen LogP contribution >= 0.6 is 11.3 Å². The Balaban J connectivity index is 1.43. The van der Waals surface area contributed by atoms with Gasteiger partial charge in [-0.3, -0.25) is 0 Å². The van der Waals surface area contributed by atoms with Gasteiger partial charge < -0.3 is 0 Å². The van der Waals surface area contributed by atoms with Crippen LogP contribution in [0.5, 0.6) is 0 Å². The Morgan fingerprint density at radius 1 is 0.400 bits per heavy atom. The summed E-state index contributed by atoms with van der Waals surface area (Å²) in [5.74, 6) is 2.03. The van der Waals surface area contributed by atoms with Gasteiger partial charge in [-0.1, -0.05) is 97.1 Å². The highest BCUT2D eigenvalue weighted by Crippen LogP contribution is 2.36. The molecule has 0 aliphatic rings. The highest BCUT2D eigenvalue weighted by Gasteiger charge is 2.14. The fourth-order valence-corrected chi connectivity index (χ4v) is 5.69. The molecule has 35 heavy (non-hydrogen) atoms. The summed E-state index contributed by atoms with van der Waals surface area (Å²) in [6, 6.07) is 39.9. The molecular formula is C31H19N3S. The average Bonchev–Trinajstić information content (AvgIpc) is 3.31. The van der Waals surface area contributed by atoms with Crippen molar-refractivity contribution in [2.45, 2.75) is 0 Å². The summed E-state index contributed by atoms with van der Waals surface area (Å²) >= 11 is 1.80. The number of rotatable bonds is 3. The zero-order chi connectivity index (χ0) is 23.2. The number of hydrogen-bond donors (Lipinski definition) is 0. The predicted octanol–water partition coefficient (Wildman–Crippen LogP) is 8.39. The first-order valence-corrected chi connectivity index (χ1v) is 12.4. The molecular weight excluding hydrogens is 446 g/mol. The Hall–Kier alpha value is -4.41. The SMILES string of the molecule is c1ccc(-c2nc(-c3ccc4ccccc4c3)nc(-c3ccc4c(c3)sc3ccccc34)n2)cc1. The second-order valence-corrected chi connectivity index (χ2v) is 9.63. The molecule has 0 unspecified atom stereocenters. The highest BCUT2D eigenvalue weighted by atomic mass is 32.1. The van der Waals surface area contributed by atoms with Crippen LogP contribution in [0.2, 0.25) is 0 Å². The minimum absolute atomic E-state index is 0.676. The lowest BCUT2D eigenvalue weighted by molar-refractivity contribution is 1.08. The van der Waals surface area contributed by atoms with Crippen LogP contribution in [0.1, 0.15) is 0 Å². The van der Waals surface area contributed by atoms with E-state index in [1.807, 2.05) is 30.3 Å². The highest BCUT2D eigenvalue weighted by molar-refractivity contribution is 7.25. The van der Waals surface area contributed by atoms with Crippen LogP contribution in [-0.4, -0.2) is 15.0 Å². The molecule has 0 saturated carbocycles. The number of nitrogens with zero attached hydrogens (tertiary/aromatic N) is 3. The molecule has 4 heteroatoms. The van der Waals surface area contributed by atoms with E-state index in [2.05, 4.69) is 84.9 Å². The van der Waals surface area contributed by atoms with Crippen molar-refractivity contribution in [2.24, 2.45) is 0 Å². The van der Waals surface area contributed by atoms with E-state index in [0.717, 1.165) is 16.7 Å². The van der Waals surface area contributed by atoms with Crippen LogP contribution in [0.4, 0.5) is 0 Å². The minimum Gasteiger partial charge on any atom is -0.208 e. The van der Waals surface area contributed by atoms with E-state index in [1.165, 1.54) is 30.9 Å². The standard InChI is InChI=1S/C31H19N3S/c1-2-9-21(10-3-1)29-32-30(23-15-14-20-8-4-5-11-22(20)18-23)34-31(33-29)24-16-17-26-25-12-6-7-13-27(25)35-28(26)19-24/h1-19H. The summed E-state index contributed by atoms with van der Waals surface area (Å²) in [4.78, 5) is 14.7. The first kappa shape index (κ1) is 20.0. The Labute approximate surface area is 206 Å². The summed E-state index contributed by atoms with van der Waals surface area (Å²) in [6.07, 6.45) is 0. The molecule has 2 heterocycles. The van der Waals surface area contributed by atoms with Gasteiger partial charge in [-0.15, -0.1) is 11.3 Å². The topological polar surface area (TPSA) is 38.7 Å². The molecule has 0 radical (unpaired) electrons. The van der Waals surface area contributed by atoms with E-state index >= 15 is 0 Å². The quantitative estimate of drug-likeness (QED) is 0.263. The largest absolute Gasteiger partial charge is 0.208 e. The fourth-order valence-electron chi connectivity index (χ4n) is 4.54. The van der Waals surface area contributed by atoms with Gasteiger partial charge in [0.25, 0.3) is 0 Å². The molecule has 0 saturated heterocycles. The van der Waals surface area contributed by atoms with Crippen molar-refractivity contribution in [3.05, 3.63) is 115 Å². The third-order valence-corrected chi connectivity index (χ3v) is 7.45. The van der Waals surface area contributed by atoms with Crippen molar-refractivity contribution in [3.8, 4) is 34.2 Å². The summed E-state index contributed by atoms with van der Waals surface area (Å²) in [5.41, 5.74) is 2.94. The molecule has 0 spiro atoms.